The number of carbonyl (C=O) groups excluding carboxylic acids is 1. The minimum absolute atomic E-state index is 0.273. The molecule has 2 unspecified atom stereocenters. The number of hydrogen-bond donors (Lipinski definition) is 3. The molecular formula is C19H22N2O3. The molecule has 5 nitrogen and oxygen atoms in total. The zero-order valence-electron chi connectivity index (χ0n) is 13.7. The van der Waals surface area contributed by atoms with Gasteiger partial charge in [0.05, 0.1) is 19.3 Å². The van der Waals surface area contributed by atoms with E-state index in [2.05, 4.69) is 10.6 Å². The number of fused-ring (bicyclic) bond motifs is 1. The number of carbonyl (C=O) groups is 1. The minimum atomic E-state index is -0.581. The normalized spacial score (nSPS) is 18.8. The van der Waals surface area contributed by atoms with Crippen molar-refractivity contribution < 1.29 is 14.6 Å². The highest BCUT2D eigenvalue weighted by atomic mass is 16.5. The fourth-order valence-corrected chi connectivity index (χ4v) is 3.16. The first kappa shape index (κ1) is 16.3. The smallest absolute Gasteiger partial charge is 0.315 e. The summed E-state index contributed by atoms with van der Waals surface area (Å²) < 4.78 is 5.30. The number of urea groups is 1. The second kappa shape index (κ2) is 7.36. The van der Waals surface area contributed by atoms with Crippen molar-refractivity contribution in [1.82, 2.24) is 10.6 Å². The van der Waals surface area contributed by atoms with Crippen molar-refractivity contribution in [2.45, 2.75) is 25.0 Å². The van der Waals surface area contributed by atoms with Crippen LogP contribution in [0.4, 0.5) is 4.79 Å². The number of para-hydroxylation sites is 1. The topological polar surface area (TPSA) is 70.6 Å². The number of benzene rings is 2. The summed E-state index contributed by atoms with van der Waals surface area (Å²) in [6.45, 7) is 0.497. The van der Waals surface area contributed by atoms with Gasteiger partial charge in [0.1, 0.15) is 5.75 Å². The molecule has 0 aliphatic heterocycles. The van der Waals surface area contributed by atoms with Crippen LogP contribution >= 0.6 is 0 Å². The number of nitrogens with one attached hydrogen (secondary N) is 2. The highest BCUT2D eigenvalue weighted by Crippen LogP contribution is 2.31. The van der Waals surface area contributed by atoms with Crippen molar-refractivity contribution in [3.05, 3.63) is 65.2 Å². The first-order valence-corrected chi connectivity index (χ1v) is 8.11. The molecular weight excluding hydrogens is 304 g/mol. The maximum atomic E-state index is 12.1. The van der Waals surface area contributed by atoms with Crippen LogP contribution in [0, 0.1) is 0 Å². The molecule has 126 valence electrons. The molecule has 24 heavy (non-hydrogen) atoms. The van der Waals surface area contributed by atoms with E-state index in [1.165, 1.54) is 0 Å². The van der Waals surface area contributed by atoms with Gasteiger partial charge in [-0.2, -0.15) is 0 Å². The lowest BCUT2D eigenvalue weighted by Gasteiger charge is -2.18. The van der Waals surface area contributed by atoms with Gasteiger partial charge in [-0.05, 0) is 29.2 Å². The van der Waals surface area contributed by atoms with Crippen LogP contribution in [0.2, 0.25) is 0 Å². The number of rotatable bonds is 5. The van der Waals surface area contributed by atoms with Crippen LogP contribution in [0.1, 0.15) is 22.7 Å². The van der Waals surface area contributed by atoms with Gasteiger partial charge in [-0.3, -0.25) is 0 Å². The molecule has 2 aromatic carbocycles. The van der Waals surface area contributed by atoms with Crippen LogP contribution in [0.5, 0.6) is 5.75 Å². The summed E-state index contributed by atoms with van der Waals surface area (Å²) in [6, 6.07) is 14.9. The van der Waals surface area contributed by atoms with Crippen molar-refractivity contribution in [1.29, 1.82) is 0 Å². The van der Waals surface area contributed by atoms with Crippen LogP contribution in [-0.2, 0) is 12.8 Å². The largest absolute Gasteiger partial charge is 0.496 e. The number of ether oxygens (including phenoxy) is 1. The Kier molecular flexibility index (Phi) is 5.01. The van der Waals surface area contributed by atoms with Gasteiger partial charge in [-0.1, -0.05) is 42.5 Å². The highest BCUT2D eigenvalue weighted by Gasteiger charge is 2.31. The Labute approximate surface area is 141 Å². The van der Waals surface area contributed by atoms with Crippen LogP contribution in [0.25, 0.3) is 0 Å². The molecule has 0 heterocycles. The average molecular weight is 326 g/mol. The number of aliphatic hydroxyl groups excluding tert-OH is 1. The quantitative estimate of drug-likeness (QED) is 0.789. The van der Waals surface area contributed by atoms with Crippen LogP contribution in [0.3, 0.4) is 0 Å². The Balaban J connectivity index is 1.53. The second-order valence-electron chi connectivity index (χ2n) is 5.91. The SMILES string of the molecule is COc1ccccc1CCNC(=O)NC1c2ccccc2CC1O. The van der Waals surface area contributed by atoms with Crippen molar-refractivity contribution in [2.24, 2.45) is 0 Å². The van der Waals surface area contributed by atoms with E-state index in [0.29, 0.717) is 19.4 Å². The number of methoxy groups -OCH3 is 1. The van der Waals surface area contributed by atoms with Crippen molar-refractivity contribution in [2.75, 3.05) is 13.7 Å². The third kappa shape index (κ3) is 3.51. The summed E-state index contributed by atoms with van der Waals surface area (Å²) in [5.74, 6) is 0.819. The van der Waals surface area contributed by atoms with Gasteiger partial charge in [-0.15, -0.1) is 0 Å². The van der Waals surface area contributed by atoms with Crippen molar-refractivity contribution in [3.8, 4) is 5.75 Å². The van der Waals surface area contributed by atoms with Crippen LogP contribution < -0.4 is 15.4 Å². The first-order valence-electron chi connectivity index (χ1n) is 8.11. The highest BCUT2D eigenvalue weighted by molar-refractivity contribution is 5.74. The summed E-state index contributed by atoms with van der Waals surface area (Å²) in [5, 5.41) is 15.9. The zero-order valence-corrected chi connectivity index (χ0v) is 13.7. The minimum Gasteiger partial charge on any atom is -0.496 e. The van der Waals surface area contributed by atoms with Gasteiger partial charge in [-0.25, -0.2) is 4.79 Å². The van der Waals surface area contributed by atoms with Gasteiger partial charge in [0, 0.05) is 13.0 Å². The Morgan fingerprint density at radius 1 is 1.21 bits per heavy atom. The summed E-state index contributed by atoms with van der Waals surface area (Å²) >= 11 is 0. The Morgan fingerprint density at radius 2 is 1.96 bits per heavy atom. The molecule has 1 aliphatic rings. The predicted octanol–water partition coefficient (Wildman–Crippen LogP) is 2.20. The molecule has 2 aromatic rings. The first-order chi connectivity index (χ1) is 11.7. The molecule has 0 saturated carbocycles. The summed E-state index contributed by atoms with van der Waals surface area (Å²) in [7, 11) is 1.64. The lowest BCUT2D eigenvalue weighted by atomic mass is 10.1. The number of aliphatic hydroxyl groups is 1. The maximum absolute atomic E-state index is 12.1. The molecule has 0 fully saturated rings. The van der Waals surface area contributed by atoms with E-state index in [9.17, 15) is 9.90 Å². The van der Waals surface area contributed by atoms with Gasteiger partial charge in [0.15, 0.2) is 0 Å². The number of hydrogen-bond acceptors (Lipinski definition) is 3. The standard InChI is InChI=1S/C19H22N2O3/c1-24-17-9-5-3-6-13(17)10-11-20-19(23)21-18-15-8-4-2-7-14(15)12-16(18)22/h2-9,16,18,22H,10-12H2,1H3,(H2,20,21,23). The molecule has 0 bridgehead atoms. The van der Waals surface area contributed by atoms with Gasteiger partial charge in [0.2, 0.25) is 0 Å². The Morgan fingerprint density at radius 3 is 2.79 bits per heavy atom. The molecule has 1 aliphatic carbocycles. The fraction of sp³-hybridized carbons (Fsp3) is 0.316. The fourth-order valence-electron chi connectivity index (χ4n) is 3.16. The van der Waals surface area contributed by atoms with E-state index in [1.807, 2.05) is 48.5 Å². The van der Waals surface area contributed by atoms with Crippen molar-refractivity contribution >= 4 is 6.03 Å². The van der Waals surface area contributed by atoms with E-state index in [4.69, 9.17) is 4.74 Å². The zero-order chi connectivity index (χ0) is 16.9. The lowest BCUT2D eigenvalue weighted by Crippen LogP contribution is -2.41. The number of amides is 2. The summed E-state index contributed by atoms with van der Waals surface area (Å²) in [6.07, 6.45) is 0.672. The van der Waals surface area contributed by atoms with Crippen molar-refractivity contribution in [3.63, 3.8) is 0 Å². The molecule has 0 radical (unpaired) electrons. The molecule has 5 heteroatoms. The molecule has 0 spiro atoms. The molecule has 0 saturated heterocycles. The predicted molar refractivity (Wildman–Crippen MR) is 92.1 cm³/mol. The van der Waals surface area contributed by atoms with Gasteiger partial charge in [0.25, 0.3) is 0 Å². The average Bonchev–Trinajstić information content (AvgIpc) is 2.91. The Bertz CT molecular complexity index is 717. The van der Waals surface area contributed by atoms with Gasteiger partial charge >= 0.3 is 6.03 Å². The van der Waals surface area contributed by atoms with E-state index in [0.717, 1.165) is 22.4 Å². The van der Waals surface area contributed by atoms with E-state index in [-0.39, 0.29) is 12.1 Å². The molecule has 2 atom stereocenters. The van der Waals surface area contributed by atoms with E-state index in [1.54, 1.807) is 7.11 Å². The van der Waals surface area contributed by atoms with E-state index < -0.39 is 6.10 Å². The third-order valence-electron chi connectivity index (χ3n) is 4.36. The molecule has 3 N–H and O–H groups in total. The maximum Gasteiger partial charge on any atom is 0.315 e. The molecule has 3 rings (SSSR count). The van der Waals surface area contributed by atoms with Crippen LogP contribution in [0.15, 0.2) is 48.5 Å². The van der Waals surface area contributed by atoms with Crippen LogP contribution in [-0.4, -0.2) is 30.9 Å². The Hall–Kier alpha value is -2.53. The van der Waals surface area contributed by atoms with E-state index >= 15 is 0 Å². The second-order valence-corrected chi connectivity index (χ2v) is 5.91. The summed E-state index contributed by atoms with van der Waals surface area (Å²) in [5.41, 5.74) is 3.13. The van der Waals surface area contributed by atoms with Gasteiger partial charge < -0.3 is 20.5 Å². The lowest BCUT2D eigenvalue weighted by molar-refractivity contribution is 0.142. The molecule has 0 aromatic heterocycles. The third-order valence-corrected chi connectivity index (χ3v) is 4.36. The summed E-state index contributed by atoms with van der Waals surface area (Å²) in [4.78, 5) is 12.1. The molecule has 2 amide bonds. The monoisotopic (exact) mass is 326 g/mol.